The van der Waals surface area contributed by atoms with E-state index in [9.17, 15) is 32.3 Å². The number of anilines is 2. The maximum atomic E-state index is 12.7. The summed E-state index contributed by atoms with van der Waals surface area (Å²) in [6.45, 7) is 0. The number of aromatic nitrogens is 4. The van der Waals surface area contributed by atoms with Crippen molar-refractivity contribution in [1.29, 1.82) is 0 Å². The molecule has 0 saturated heterocycles. The summed E-state index contributed by atoms with van der Waals surface area (Å²) in [5.74, 6) is -0.517. The van der Waals surface area contributed by atoms with E-state index in [4.69, 9.17) is 22.4 Å². The second kappa shape index (κ2) is 13.8. The van der Waals surface area contributed by atoms with Crippen molar-refractivity contribution in [2.24, 2.45) is 14.1 Å². The minimum absolute atomic E-state index is 0.0296. The quantitative estimate of drug-likeness (QED) is 0.149. The number of phenolic OH excluding ortho intramolecular Hbond substituents is 2. The number of halogens is 5. The van der Waals surface area contributed by atoms with E-state index in [0.717, 1.165) is 15.6 Å². The van der Waals surface area contributed by atoms with Crippen LogP contribution in [-0.2, 0) is 14.1 Å². The molecule has 4 rings (SSSR count). The Morgan fingerprint density at radius 2 is 1.36 bits per heavy atom. The molecule has 208 valence electrons. The smallest absolute Gasteiger partial charge is 0.282 e. The molecule has 2 aromatic carbocycles. The molecular formula is C24H23ClF4N6O4. The highest BCUT2D eigenvalue weighted by Crippen LogP contribution is 2.23. The Morgan fingerprint density at radius 3 is 1.77 bits per heavy atom. The average Bonchev–Trinajstić information content (AvgIpc) is 3.43. The zero-order chi connectivity index (χ0) is 29.3. The fourth-order valence-electron chi connectivity index (χ4n) is 2.97. The molecular weight excluding hydrogens is 548 g/mol. The number of alkyl halides is 4. The summed E-state index contributed by atoms with van der Waals surface area (Å²) < 4.78 is 51.9. The Labute approximate surface area is 224 Å². The second-order valence-corrected chi connectivity index (χ2v) is 8.02. The van der Waals surface area contributed by atoms with Gasteiger partial charge < -0.3 is 21.3 Å². The van der Waals surface area contributed by atoms with Crippen molar-refractivity contribution in [2.75, 3.05) is 11.1 Å². The lowest BCUT2D eigenvalue weighted by atomic mass is 10.2. The minimum Gasteiger partial charge on any atom is -0.508 e. The average molecular weight is 571 g/mol. The normalized spacial score (nSPS) is 10.4. The van der Waals surface area contributed by atoms with Crippen molar-refractivity contribution in [3.63, 3.8) is 0 Å². The van der Waals surface area contributed by atoms with Crippen LogP contribution in [0.5, 0.6) is 11.5 Å². The molecule has 39 heavy (non-hydrogen) atoms. The molecule has 4 aromatic rings. The number of carbonyl (C=O) groups excluding carboxylic acids is 2. The van der Waals surface area contributed by atoms with Crippen molar-refractivity contribution in [1.82, 2.24) is 19.6 Å². The molecule has 0 aliphatic rings. The van der Waals surface area contributed by atoms with Gasteiger partial charge in [-0.25, -0.2) is 17.6 Å². The van der Waals surface area contributed by atoms with Crippen LogP contribution in [0, 0.1) is 0 Å². The Balaban J connectivity index is 0.000000227. The van der Waals surface area contributed by atoms with Gasteiger partial charge in [0.2, 0.25) is 0 Å². The number of hydrogen-bond acceptors (Lipinski definition) is 7. The largest absolute Gasteiger partial charge is 0.508 e. The number of nitrogens with zero attached hydrogens (tertiary/aromatic N) is 4. The number of rotatable bonds is 5. The van der Waals surface area contributed by atoms with Gasteiger partial charge in [0.05, 0.1) is 11.1 Å². The molecule has 0 spiro atoms. The van der Waals surface area contributed by atoms with Crippen molar-refractivity contribution in [2.45, 2.75) is 12.9 Å². The number of nitrogens with one attached hydrogen (secondary N) is 1. The van der Waals surface area contributed by atoms with Crippen LogP contribution >= 0.6 is 11.6 Å². The van der Waals surface area contributed by atoms with Crippen LogP contribution in [0.2, 0.25) is 0 Å². The lowest BCUT2D eigenvalue weighted by Gasteiger charge is -2.05. The highest BCUT2D eigenvalue weighted by Gasteiger charge is 2.23. The van der Waals surface area contributed by atoms with Crippen LogP contribution in [0.15, 0.2) is 60.9 Å². The number of amides is 1. The van der Waals surface area contributed by atoms with Crippen LogP contribution in [0.1, 0.15) is 45.0 Å². The number of benzene rings is 2. The van der Waals surface area contributed by atoms with Crippen molar-refractivity contribution >= 4 is 34.1 Å². The SMILES string of the molecule is Cn1cc(C(=O)Cl)c(C(F)F)n1.Cn1cc(C(=O)Nc2cccc(O)c2)c(C(F)F)n1.Nc1cccc(O)c1. The highest BCUT2D eigenvalue weighted by atomic mass is 35.5. The van der Waals surface area contributed by atoms with Gasteiger partial charge in [-0.3, -0.25) is 19.0 Å². The third-order valence-electron chi connectivity index (χ3n) is 4.56. The predicted molar refractivity (Wildman–Crippen MR) is 135 cm³/mol. The first-order chi connectivity index (χ1) is 18.3. The van der Waals surface area contributed by atoms with Gasteiger partial charge in [0.1, 0.15) is 22.9 Å². The number of aromatic hydroxyl groups is 2. The van der Waals surface area contributed by atoms with Crippen LogP contribution in [0.3, 0.4) is 0 Å². The van der Waals surface area contributed by atoms with Gasteiger partial charge in [-0.05, 0) is 35.9 Å². The van der Waals surface area contributed by atoms with Crippen LogP contribution in [0.4, 0.5) is 28.9 Å². The molecule has 2 heterocycles. The first-order valence-corrected chi connectivity index (χ1v) is 11.1. The Hall–Kier alpha value is -4.59. The van der Waals surface area contributed by atoms with E-state index in [1.807, 2.05) is 0 Å². The Kier molecular flexibility index (Phi) is 10.8. The number of nitrogens with two attached hydrogens (primary N) is 1. The van der Waals surface area contributed by atoms with Gasteiger partial charge in [0.15, 0.2) is 0 Å². The summed E-state index contributed by atoms with van der Waals surface area (Å²) in [6.07, 6.45) is -3.22. The van der Waals surface area contributed by atoms with Gasteiger partial charge in [0, 0.05) is 50.0 Å². The van der Waals surface area contributed by atoms with E-state index in [1.54, 1.807) is 18.2 Å². The first kappa shape index (κ1) is 30.6. The third kappa shape index (κ3) is 9.34. The van der Waals surface area contributed by atoms with E-state index in [-0.39, 0.29) is 22.6 Å². The Morgan fingerprint density at radius 1 is 0.872 bits per heavy atom. The van der Waals surface area contributed by atoms with Gasteiger partial charge in [-0.2, -0.15) is 10.2 Å². The lowest BCUT2D eigenvalue weighted by molar-refractivity contribution is 0.101. The maximum absolute atomic E-state index is 12.7. The molecule has 0 fully saturated rings. The molecule has 5 N–H and O–H groups in total. The molecule has 15 heteroatoms. The molecule has 10 nitrogen and oxygen atoms in total. The molecule has 0 radical (unpaired) electrons. The fraction of sp³-hybridized carbons (Fsp3) is 0.167. The monoisotopic (exact) mass is 570 g/mol. The zero-order valence-electron chi connectivity index (χ0n) is 20.4. The highest BCUT2D eigenvalue weighted by molar-refractivity contribution is 6.67. The number of hydrogen-bond donors (Lipinski definition) is 4. The summed E-state index contributed by atoms with van der Waals surface area (Å²) in [6, 6.07) is 12.3. The zero-order valence-corrected chi connectivity index (χ0v) is 21.2. The maximum Gasteiger partial charge on any atom is 0.282 e. The molecule has 0 atom stereocenters. The first-order valence-electron chi connectivity index (χ1n) is 10.8. The fourth-order valence-corrected chi connectivity index (χ4v) is 3.11. The molecule has 2 aromatic heterocycles. The summed E-state index contributed by atoms with van der Waals surface area (Å²) in [4.78, 5) is 22.4. The van der Waals surface area contributed by atoms with Gasteiger partial charge in [-0.15, -0.1) is 0 Å². The summed E-state index contributed by atoms with van der Waals surface area (Å²) >= 11 is 5.04. The van der Waals surface area contributed by atoms with Crippen molar-refractivity contribution in [3.05, 3.63) is 83.4 Å². The summed E-state index contributed by atoms with van der Waals surface area (Å²) in [7, 11) is 2.90. The molecule has 0 aliphatic carbocycles. The van der Waals surface area contributed by atoms with Crippen LogP contribution in [-0.4, -0.2) is 40.9 Å². The molecule has 0 saturated carbocycles. The van der Waals surface area contributed by atoms with E-state index in [1.165, 1.54) is 50.6 Å². The minimum atomic E-state index is -2.83. The molecule has 0 unspecified atom stereocenters. The van der Waals surface area contributed by atoms with Crippen molar-refractivity contribution in [3.8, 4) is 11.5 Å². The van der Waals surface area contributed by atoms with Crippen molar-refractivity contribution < 1.29 is 37.4 Å². The van der Waals surface area contributed by atoms with Gasteiger partial charge >= 0.3 is 0 Å². The van der Waals surface area contributed by atoms with E-state index in [0.29, 0.717) is 11.4 Å². The van der Waals surface area contributed by atoms with E-state index >= 15 is 0 Å². The van der Waals surface area contributed by atoms with Gasteiger partial charge in [-0.1, -0.05) is 12.1 Å². The summed E-state index contributed by atoms with van der Waals surface area (Å²) in [5, 5.41) is 26.4. The number of carbonyl (C=O) groups is 2. The molecule has 1 amide bonds. The lowest BCUT2D eigenvalue weighted by Crippen LogP contribution is -2.13. The Bertz CT molecular complexity index is 1410. The van der Waals surface area contributed by atoms with Gasteiger partial charge in [0.25, 0.3) is 24.0 Å². The van der Waals surface area contributed by atoms with Crippen LogP contribution in [0.25, 0.3) is 0 Å². The second-order valence-electron chi connectivity index (χ2n) is 7.68. The van der Waals surface area contributed by atoms with E-state index in [2.05, 4.69) is 15.5 Å². The molecule has 0 bridgehead atoms. The molecule has 0 aliphatic heterocycles. The predicted octanol–water partition coefficient (Wildman–Crippen LogP) is 5.03. The van der Waals surface area contributed by atoms with Crippen LogP contribution < -0.4 is 11.1 Å². The topological polar surface area (TPSA) is 148 Å². The summed E-state index contributed by atoms with van der Waals surface area (Å²) in [5.41, 5.74) is 4.62. The number of phenols is 2. The van der Waals surface area contributed by atoms with E-state index < -0.39 is 35.4 Å². The number of aryl methyl sites for hydroxylation is 2. The standard InChI is InChI=1S/C12H11F2N3O2.C6H5ClF2N2O.C6H7NO/c1-17-6-9(10(16-17)11(13)14)12(19)15-7-3-2-4-8(18)5-7;1-11-2-3(5(7)12)4(10-11)6(8)9;7-5-2-1-3-6(8)4-5/h2-6,11,18H,1H3,(H,15,19);2,6H,1H3;1-4,8H,7H2. The number of nitrogen functional groups attached to an aromatic ring is 1. The third-order valence-corrected chi connectivity index (χ3v) is 4.76.